The molecule has 1 aromatic carbocycles. The molecule has 39 heavy (non-hydrogen) atoms. The molecule has 0 aliphatic heterocycles. The highest BCUT2D eigenvalue weighted by Gasteiger charge is 2.44. The van der Waals surface area contributed by atoms with Crippen molar-refractivity contribution in [2.24, 2.45) is 5.92 Å². The number of aromatic nitrogens is 2. The Hall–Kier alpha value is -2.53. The van der Waals surface area contributed by atoms with Crippen molar-refractivity contribution >= 4 is 45.1 Å². The van der Waals surface area contributed by atoms with Crippen molar-refractivity contribution in [1.82, 2.24) is 9.55 Å². The lowest BCUT2D eigenvalue weighted by Crippen LogP contribution is -2.45. The van der Waals surface area contributed by atoms with Crippen molar-refractivity contribution < 1.29 is 53.8 Å². The number of carbonyl (C=O) groups excluding carboxylic acids is 1. The van der Waals surface area contributed by atoms with E-state index in [0.29, 0.717) is 4.57 Å². The Morgan fingerprint density at radius 1 is 1.05 bits per heavy atom. The molecule has 218 valence electrons. The third-order valence-corrected chi connectivity index (χ3v) is 6.04. The van der Waals surface area contributed by atoms with Gasteiger partial charge in [0.05, 0.1) is 28.9 Å². The molecule has 0 amide bonds. The third kappa shape index (κ3) is 6.98. The Kier molecular flexibility index (Phi) is 9.66. The van der Waals surface area contributed by atoms with Crippen LogP contribution in [-0.4, -0.2) is 36.0 Å². The minimum Gasteiger partial charge on any atom is -0.466 e. The number of anilines is 2. The highest BCUT2D eigenvalue weighted by atomic mass is 79.9. The standard InChI is InChI=1S/C21H18BrClF9N3O4/c1-8(2)7-34-15(36)12(22)14(21(30,31)32)33-18(34)35(16(38-3)17(37)39-4)11-6-9(19(24,25)26)5-10(13(11)23)20(27,28)29/h5-6,8,16H,7H2,1-4H3. The number of benzene rings is 1. The topological polar surface area (TPSA) is 73.7 Å². The van der Waals surface area contributed by atoms with E-state index in [1.807, 2.05) is 0 Å². The van der Waals surface area contributed by atoms with E-state index in [4.69, 9.17) is 16.3 Å². The SMILES string of the molecule is COC(=O)C(OC)N(c1cc(C(F)(F)F)cc(C(F)(F)F)c1Cl)c1nc(C(F)(F)F)c(Br)c(=O)n1CC(C)C. The van der Waals surface area contributed by atoms with E-state index in [-0.39, 0.29) is 17.0 Å². The van der Waals surface area contributed by atoms with Crippen LogP contribution < -0.4 is 10.5 Å². The van der Waals surface area contributed by atoms with E-state index in [1.165, 1.54) is 13.8 Å². The van der Waals surface area contributed by atoms with Crippen molar-refractivity contribution in [1.29, 1.82) is 0 Å². The fourth-order valence-corrected chi connectivity index (χ4v) is 4.16. The highest BCUT2D eigenvalue weighted by Crippen LogP contribution is 2.46. The average molecular weight is 663 g/mol. The van der Waals surface area contributed by atoms with Crippen LogP contribution in [-0.2, 0) is 39.3 Å². The van der Waals surface area contributed by atoms with E-state index in [2.05, 4.69) is 25.7 Å². The highest BCUT2D eigenvalue weighted by molar-refractivity contribution is 9.10. The second kappa shape index (κ2) is 11.5. The lowest BCUT2D eigenvalue weighted by atomic mass is 10.1. The molecule has 0 saturated heterocycles. The first-order chi connectivity index (χ1) is 17.7. The van der Waals surface area contributed by atoms with Gasteiger partial charge in [-0.25, -0.2) is 9.78 Å². The Morgan fingerprint density at radius 2 is 1.62 bits per heavy atom. The molecule has 0 fully saturated rings. The van der Waals surface area contributed by atoms with Crippen LogP contribution >= 0.6 is 27.5 Å². The van der Waals surface area contributed by atoms with Crippen LogP contribution in [0.2, 0.25) is 5.02 Å². The van der Waals surface area contributed by atoms with Crippen LogP contribution in [0.4, 0.5) is 51.1 Å². The molecule has 0 N–H and O–H groups in total. The fraction of sp³-hybridized carbons (Fsp3) is 0.476. The van der Waals surface area contributed by atoms with Gasteiger partial charge in [-0.2, -0.15) is 39.5 Å². The summed E-state index contributed by atoms with van der Waals surface area (Å²) in [5.41, 5.74) is -8.55. The molecular weight excluding hydrogens is 645 g/mol. The summed E-state index contributed by atoms with van der Waals surface area (Å²) in [5.74, 6) is -3.22. The van der Waals surface area contributed by atoms with Gasteiger partial charge in [0, 0.05) is 13.7 Å². The molecule has 0 radical (unpaired) electrons. The number of carbonyl (C=O) groups is 1. The van der Waals surface area contributed by atoms with Gasteiger partial charge in [0.2, 0.25) is 12.2 Å². The number of hydrogen-bond donors (Lipinski definition) is 0. The normalized spacial score (nSPS) is 13.5. The zero-order valence-corrected chi connectivity index (χ0v) is 22.5. The molecule has 0 aliphatic carbocycles. The second-order valence-corrected chi connectivity index (χ2v) is 9.39. The van der Waals surface area contributed by atoms with Crippen LogP contribution in [0.15, 0.2) is 21.4 Å². The maximum absolute atomic E-state index is 13.8. The molecule has 1 heterocycles. The first-order valence-electron chi connectivity index (χ1n) is 10.4. The molecule has 7 nitrogen and oxygen atoms in total. The first kappa shape index (κ1) is 32.7. The van der Waals surface area contributed by atoms with Crippen LogP contribution in [0.5, 0.6) is 0 Å². The minimum atomic E-state index is -5.49. The number of ether oxygens (including phenoxy) is 2. The van der Waals surface area contributed by atoms with Gasteiger partial charge in [0.25, 0.3) is 5.56 Å². The van der Waals surface area contributed by atoms with Gasteiger partial charge < -0.3 is 9.47 Å². The number of hydrogen-bond acceptors (Lipinski definition) is 6. The van der Waals surface area contributed by atoms with Crippen molar-refractivity contribution in [3.05, 3.63) is 48.8 Å². The summed E-state index contributed by atoms with van der Waals surface area (Å²) in [6.07, 6.45) is -18.6. The fourth-order valence-electron chi connectivity index (χ4n) is 3.32. The predicted molar refractivity (Wildman–Crippen MR) is 122 cm³/mol. The maximum atomic E-state index is 13.8. The maximum Gasteiger partial charge on any atom is 0.434 e. The molecule has 1 unspecified atom stereocenters. The monoisotopic (exact) mass is 661 g/mol. The number of halogens is 11. The van der Waals surface area contributed by atoms with Gasteiger partial charge in [-0.05, 0) is 34.0 Å². The Bertz CT molecular complexity index is 1290. The molecule has 2 aromatic rings. The number of esters is 1. The third-order valence-electron chi connectivity index (χ3n) is 4.93. The zero-order chi connectivity index (χ0) is 30.2. The van der Waals surface area contributed by atoms with Gasteiger partial charge in [-0.1, -0.05) is 25.4 Å². The lowest BCUT2D eigenvalue weighted by molar-refractivity contribution is -0.151. The smallest absolute Gasteiger partial charge is 0.434 e. The summed E-state index contributed by atoms with van der Waals surface area (Å²) < 4.78 is 132. The zero-order valence-electron chi connectivity index (χ0n) is 20.1. The Labute approximate surface area is 227 Å². The van der Waals surface area contributed by atoms with Crippen LogP contribution in [0.1, 0.15) is 30.7 Å². The summed E-state index contributed by atoms with van der Waals surface area (Å²) in [7, 11) is 1.52. The van der Waals surface area contributed by atoms with Crippen LogP contribution in [0.3, 0.4) is 0 Å². The number of rotatable bonds is 7. The van der Waals surface area contributed by atoms with E-state index in [9.17, 15) is 49.1 Å². The summed E-state index contributed by atoms with van der Waals surface area (Å²) >= 11 is 8.39. The van der Waals surface area contributed by atoms with E-state index >= 15 is 0 Å². The van der Waals surface area contributed by atoms with Crippen LogP contribution in [0.25, 0.3) is 0 Å². The van der Waals surface area contributed by atoms with Crippen LogP contribution in [0, 0.1) is 5.92 Å². The average Bonchev–Trinajstić information content (AvgIpc) is 2.78. The van der Waals surface area contributed by atoms with Crippen molar-refractivity contribution in [2.75, 3.05) is 19.1 Å². The Balaban J connectivity index is 3.24. The summed E-state index contributed by atoms with van der Waals surface area (Å²) in [4.78, 5) is 29.0. The van der Waals surface area contributed by atoms with E-state index in [0.717, 1.165) is 14.2 Å². The van der Waals surface area contributed by atoms with Crippen molar-refractivity contribution in [3.8, 4) is 0 Å². The molecule has 18 heteroatoms. The molecule has 1 atom stereocenters. The van der Waals surface area contributed by atoms with Gasteiger partial charge in [0.1, 0.15) is 4.47 Å². The predicted octanol–water partition coefficient (Wildman–Crippen LogP) is 6.66. The summed E-state index contributed by atoms with van der Waals surface area (Å²) in [6.45, 7) is 2.55. The second-order valence-electron chi connectivity index (χ2n) is 8.22. The molecule has 0 saturated carbocycles. The molecule has 0 aliphatic rings. The molecule has 0 bridgehead atoms. The lowest BCUT2D eigenvalue weighted by Gasteiger charge is -2.33. The Morgan fingerprint density at radius 3 is 2.03 bits per heavy atom. The number of alkyl halides is 9. The number of methoxy groups -OCH3 is 2. The minimum absolute atomic E-state index is 0.0493. The van der Waals surface area contributed by atoms with Crippen molar-refractivity contribution in [2.45, 2.75) is 45.1 Å². The van der Waals surface area contributed by atoms with Gasteiger partial charge in [-0.15, -0.1) is 0 Å². The molecule has 0 spiro atoms. The number of nitrogens with zero attached hydrogens (tertiary/aromatic N) is 3. The largest absolute Gasteiger partial charge is 0.466 e. The van der Waals surface area contributed by atoms with Gasteiger partial charge >= 0.3 is 24.5 Å². The van der Waals surface area contributed by atoms with E-state index in [1.54, 1.807) is 0 Å². The molecule has 2 rings (SSSR count). The van der Waals surface area contributed by atoms with E-state index < -0.39 is 86.7 Å². The van der Waals surface area contributed by atoms with Gasteiger partial charge in [0.15, 0.2) is 5.69 Å². The quantitative estimate of drug-likeness (QED) is 0.188. The summed E-state index contributed by atoms with van der Waals surface area (Å²) in [6, 6.07) is -0.269. The van der Waals surface area contributed by atoms with Gasteiger partial charge in [-0.3, -0.25) is 14.3 Å². The first-order valence-corrected chi connectivity index (χ1v) is 11.6. The molecular formula is C21H18BrClF9N3O4. The summed E-state index contributed by atoms with van der Waals surface area (Å²) in [5, 5.41) is -1.46. The molecule has 1 aromatic heterocycles. The van der Waals surface area contributed by atoms with Crippen molar-refractivity contribution in [3.63, 3.8) is 0 Å².